The smallest absolute Gasteiger partial charge is 0.0309 e. The van der Waals surface area contributed by atoms with Crippen molar-refractivity contribution in [2.24, 2.45) is 0 Å². The second kappa shape index (κ2) is 6.58. The summed E-state index contributed by atoms with van der Waals surface area (Å²) in [7, 11) is 0. The highest BCUT2D eigenvalue weighted by Gasteiger charge is 2.41. The van der Waals surface area contributed by atoms with E-state index in [1.54, 1.807) is 0 Å². The lowest BCUT2D eigenvalue weighted by Gasteiger charge is -2.52. The van der Waals surface area contributed by atoms with Gasteiger partial charge in [-0.05, 0) is 45.3 Å². The average molecular weight is 297 g/mol. The zero-order chi connectivity index (χ0) is 14.0. The van der Waals surface area contributed by atoms with Gasteiger partial charge in [0.1, 0.15) is 0 Å². The van der Waals surface area contributed by atoms with Gasteiger partial charge >= 0.3 is 0 Å². The van der Waals surface area contributed by atoms with E-state index < -0.39 is 0 Å². The number of hydrogen-bond acceptors (Lipinski definition) is 3. The third-order valence-corrected chi connectivity index (χ3v) is 7.13. The van der Waals surface area contributed by atoms with Crippen LogP contribution in [-0.2, 0) is 0 Å². The molecule has 2 nitrogen and oxygen atoms in total. The molecule has 2 aliphatic carbocycles. The highest BCUT2D eigenvalue weighted by atomic mass is 32.2. The standard InChI is InChI=1S/C17H32N2S/c1-14-12-18-17(9-4-3-5-10-17)13-19(14)15-7-6-8-16(11-15)20-2/h14-16,18H,3-13H2,1-2H3. The minimum atomic E-state index is 0.469. The second-order valence-corrected chi connectivity index (χ2v) is 8.56. The molecule has 1 saturated heterocycles. The van der Waals surface area contributed by atoms with Gasteiger partial charge in [-0.1, -0.05) is 25.7 Å². The van der Waals surface area contributed by atoms with Crippen LogP contribution in [0.3, 0.4) is 0 Å². The fourth-order valence-corrected chi connectivity index (χ4v) is 5.55. The molecule has 3 aliphatic rings. The largest absolute Gasteiger partial charge is 0.308 e. The van der Waals surface area contributed by atoms with Crippen molar-refractivity contribution in [3.63, 3.8) is 0 Å². The number of rotatable bonds is 2. The molecule has 0 aromatic rings. The summed E-state index contributed by atoms with van der Waals surface area (Å²) in [6, 6.07) is 1.59. The lowest BCUT2D eigenvalue weighted by atomic mass is 9.78. The van der Waals surface area contributed by atoms with Crippen molar-refractivity contribution in [2.45, 2.75) is 87.6 Å². The van der Waals surface area contributed by atoms with Gasteiger partial charge in [0, 0.05) is 36.0 Å². The maximum atomic E-state index is 3.93. The summed E-state index contributed by atoms with van der Waals surface area (Å²) in [6.07, 6.45) is 15.2. The molecule has 3 unspecified atom stereocenters. The Hall–Kier alpha value is 0.270. The third-order valence-electron chi connectivity index (χ3n) is 6.04. The van der Waals surface area contributed by atoms with E-state index in [0.29, 0.717) is 5.54 Å². The number of nitrogens with one attached hydrogen (secondary N) is 1. The second-order valence-electron chi connectivity index (χ2n) is 7.42. The third kappa shape index (κ3) is 3.20. The molecule has 0 bridgehead atoms. The Kier molecular flexibility index (Phi) is 4.99. The summed E-state index contributed by atoms with van der Waals surface area (Å²) in [5.41, 5.74) is 0.469. The van der Waals surface area contributed by atoms with E-state index in [0.717, 1.165) is 17.3 Å². The Labute approximate surface area is 129 Å². The number of thioether (sulfide) groups is 1. The summed E-state index contributed by atoms with van der Waals surface area (Å²) < 4.78 is 0. The van der Waals surface area contributed by atoms with Crippen LogP contribution in [0.25, 0.3) is 0 Å². The highest BCUT2D eigenvalue weighted by Crippen LogP contribution is 2.36. The summed E-state index contributed by atoms with van der Waals surface area (Å²) in [6.45, 7) is 4.96. The van der Waals surface area contributed by atoms with Gasteiger partial charge in [-0.2, -0.15) is 11.8 Å². The van der Waals surface area contributed by atoms with Crippen molar-refractivity contribution in [1.29, 1.82) is 0 Å². The first-order chi connectivity index (χ1) is 9.72. The molecule has 0 amide bonds. The molecule has 2 saturated carbocycles. The molecule has 3 heteroatoms. The zero-order valence-electron chi connectivity index (χ0n) is 13.4. The molecule has 1 aliphatic heterocycles. The molecule has 1 spiro atoms. The lowest BCUT2D eigenvalue weighted by Crippen LogP contribution is -2.66. The van der Waals surface area contributed by atoms with E-state index in [1.807, 2.05) is 0 Å². The first kappa shape index (κ1) is 15.2. The van der Waals surface area contributed by atoms with Crippen LogP contribution in [-0.4, -0.2) is 47.1 Å². The molecule has 3 fully saturated rings. The maximum absolute atomic E-state index is 3.93. The van der Waals surface area contributed by atoms with Crippen LogP contribution in [0.4, 0.5) is 0 Å². The Bertz CT molecular complexity index is 314. The Morgan fingerprint density at radius 1 is 1.10 bits per heavy atom. The zero-order valence-corrected chi connectivity index (χ0v) is 14.2. The predicted molar refractivity (Wildman–Crippen MR) is 89.5 cm³/mol. The number of nitrogens with zero attached hydrogens (tertiary/aromatic N) is 1. The predicted octanol–water partition coefficient (Wildman–Crippen LogP) is 3.66. The van der Waals surface area contributed by atoms with Gasteiger partial charge in [-0.25, -0.2) is 0 Å². The maximum Gasteiger partial charge on any atom is 0.0309 e. The van der Waals surface area contributed by atoms with Gasteiger partial charge in [0.25, 0.3) is 0 Å². The molecule has 0 radical (unpaired) electrons. The first-order valence-electron chi connectivity index (χ1n) is 8.76. The van der Waals surface area contributed by atoms with Crippen molar-refractivity contribution in [3.05, 3.63) is 0 Å². The van der Waals surface area contributed by atoms with E-state index in [2.05, 4.69) is 35.2 Å². The van der Waals surface area contributed by atoms with Gasteiger partial charge in [0.2, 0.25) is 0 Å². The van der Waals surface area contributed by atoms with Crippen molar-refractivity contribution in [1.82, 2.24) is 10.2 Å². The van der Waals surface area contributed by atoms with E-state index in [-0.39, 0.29) is 0 Å². The van der Waals surface area contributed by atoms with Crippen molar-refractivity contribution in [2.75, 3.05) is 19.3 Å². The quantitative estimate of drug-likeness (QED) is 0.837. The van der Waals surface area contributed by atoms with Gasteiger partial charge < -0.3 is 5.32 Å². The molecule has 1 N–H and O–H groups in total. The number of piperazine rings is 1. The van der Waals surface area contributed by atoms with Crippen molar-refractivity contribution >= 4 is 11.8 Å². The molecular weight excluding hydrogens is 264 g/mol. The van der Waals surface area contributed by atoms with E-state index in [9.17, 15) is 0 Å². The minimum absolute atomic E-state index is 0.469. The number of hydrogen-bond donors (Lipinski definition) is 1. The van der Waals surface area contributed by atoms with E-state index in [4.69, 9.17) is 0 Å². The van der Waals surface area contributed by atoms with Crippen LogP contribution < -0.4 is 5.32 Å². The first-order valence-corrected chi connectivity index (χ1v) is 10.0. The average Bonchev–Trinajstić information content (AvgIpc) is 2.51. The summed E-state index contributed by atoms with van der Waals surface area (Å²) in [5, 5.41) is 4.85. The molecular formula is C17H32N2S. The van der Waals surface area contributed by atoms with Crippen molar-refractivity contribution in [3.8, 4) is 0 Å². The minimum Gasteiger partial charge on any atom is -0.308 e. The van der Waals surface area contributed by atoms with Crippen LogP contribution in [0, 0.1) is 0 Å². The topological polar surface area (TPSA) is 15.3 Å². The SMILES string of the molecule is CSC1CCCC(N2CC3(CCCCC3)NCC2C)C1. The van der Waals surface area contributed by atoms with Crippen LogP contribution in [0.1, 0.15) is 64.7 Å². The molecule has 3 rings (SSSR count). The van der Waals surface area contributed by atoms with E-state index >= 15 is 0 Å². The Morgan fingerprint density at radius 2 is 1.90 bits per heavy atom. The summed E-state index contributed by atoms with van der Waals surface area (Å²) in [4.78, 5) is 2.89. The van der Waals surface area contributed by atoms with Crippen LogP contribution in [0.5, 0.6) is 0 Å². The molecule has 116 valence electrons. The lowest BCUT2D eigenvalue weighted by molar-refractivity contribution is 0.0196. The summed E-state index contributed by atoms with van der Waals surface area (Å²) in [5.74, 6) is 0. The monoisotopic (exact) mass is 296 g/mol. The fraction of sp³-hybridized carbons (Fsp3) is 1.00. The van der Waals surface area contributed by atoms with Gasteiger partial charge in [0.15, 0.2) is 0 Å². The van der Waals surface area contributed by atoms with E-state index in [1.165, 1.54) is 70.9 Å². The highest BCUT2D eigenvalue weighted by molar-refractivity contribution is 7.99. The normalized spacial score (nSPS) is 39.0. The fourth-order valence-electron chi connectivity index (χ4n) is 4.73. The van der Waals surface area contributed by atoms with Crippen LogP contribution >= 0.6 is 11.8 Å². The van der Waals surface area contributed by atoms with Gasteiger partial charge in [-0.15, -0.1) is 0 Å². The van der Waals surface area contributed by atoms with Crippen molar-refractivity contribution < 1.29 is 0 Å². The Balaban J connectivity index is 1.67. The molecule has 3 atom stereocenters. The molecule has 0 aromatic heterocycles. The Morgan fingerprint density at radius 3 is 2.65 bits per heavy atom. The van der Waals surface area contributed by atoms with Crippen LogP contribution in [0.2, 0.25) is 0 Å². The van der Waals surface area contributed by atoms with Crippen LogP contribution in [0.15, 0.2) is 0 Å². The van der Waals surface area contributed by atoms with Gasteiger partial charge in [-0.3, -0.25) is 4.90 Å². The van der Waals surface area contributed by atoms with Gasteiger partial charge in [0.05, 0.1) is 0 Å². The molecule has 1 heterocycles. The molecule has 0 aromatic carbocycles. The molecule has 20 heavy (non-hydrogen) atoms. The summed E-state index contributed by atoms with van der Waals surface area (Å²) >= 11 is 2.10.